The Morgan fingerprint density at radius 3 is 1.41 bits per heavy atom. The van der Waals surface area contributed by atoms with Gasteiger partial charge in [0.05, 0.1) is 78.5 Å². The van der Waals surface area contributed by atoms with Gasteiger partial charge >= 0.3 is 23.3 Å². The number of carboxylic acids is 2. The number of aliphatic hydroxyl groups is 1. The van der Waals surface area contributed by atoms with E-state index in [4.69, 9.17) is 32.5 Å². The number of aliphatic carboxylic acids is 2. The van der Waals surface area contributed by atoms with Gasteiger partial charge in [0.25, 0.3) is 11.1 Å². The lowest BCUT2D eigenvalue weighted by atomic mass is 9.94. The van der Waals surface area contributed by atoms with Crippen LogP contribution in [0.2, 0.25) is 0 Å². The predicted octanol–water partition coefficient (Wildman–Crippen LogP) is 8.03. The second-order valence-corrected chi connectivity index (χ2v) is 22.9. The lowest BCUT2D eigenvalue weighted by Crippen LogP contribution is -2.52. The van der Waals surface area contributed by atoms with Crippen molar-refractivity contribution >= 4 is 55.0 Å². The van der Waals surface area contributed by atoms with E-state index in [2.05, 4.69) is 9.97 Å². The Kier molecular flexibility index (Phi) is 17.2. The average molecular weight is 1150 g/mol. The molecule has 24 heteroatoms. The molecule has 8 aromatic rings. The summed E-state index contributed by atoms with van der Waals surface area (Å²) in [7, 11) is 3.12. The van der Waals surface area contributed by atoms with Crippen LogP contribution in [0.15, 0.2) is 101 Å². The molecule has 0 bridgehead atoms. The average Bonchev–Trinajstić information content (AvgIpc) is 3.16. The van der Waals surface area contributed by atoms with Gasteiger partial charge in [0.2, 0.25) is 11.8 Å². The zero-order valence-corrected chi connectivity index (χ0v) is 47.7. The lowest BCUT2D eigenvalue weighted by molar-refractivity contribution is -0.146. The highest BCUT2D eigenvalue weighted by atomic mass is 32.1. The maximum absolute atomic E-state index is 14.1. The molecule has 430 valence electrons. The molecule has 1 aliphatic heterocycles. The molecule has 2 aliphatic rings. The second-order valence-electron chi connectivity index (χ2n) is 20.9. The molecule has 1 aliphatic carbocycles. The molecule has 7 heterocycles. The van der Waals surface area contributed by atoms with Crippen molar-refractivity contribution in [1.82, 2.24) is 28.2 Å². The number of rotatable bonds is 18. The molecule has 2 atom stereocenters. The first-order chi connectivity index (χ1) is 38.7. The molecular weight excluding hydrogens is 1090 g/mol. The molecule has 1 saturated carbocycles. The number of hydrogen-bond donors (Lipinski definition) is 3. The Labute approximate surface area is 471 Å². The van der Waals surface area contributed by atoms with Crippen molar-refractivity contribution in [2.45, 2.75) is 135 Å². The number of benzene rings is 2. The summed E-state index contributed by atoms with van der Waals surface area (Å²) >= 11 is 2.38. The Hall–Kier alpha value is -7.48. The third-order valence-corrected chi connectivity index (χ3v) is 17.6. The molecule has 0 spiro atoms. The van der Waals surface area contributed by atoms with Crippen molar-refractivity contribution in [3.8, 4) is 33.0 Å². The van der Waals surface area contributed by atoms with Gasteiger partial charge in [0.15, 0.2) is 0 Å². The van der Waals surface area contributed by atoms with E-state index in [0.717, 1.165) is 14.7 Å². The quantitative estimate of drug-likeness (QED) is 0.0733. The van der Waals surface area contributed by atoms with E-state index in [0.29, 0.717) is 111 Å². The number of methoxy groups -OCH3 is 2. The molecule has 6 aromatic heterocycles. The Bertz CT molecular complexity index is 3820. The van der Waals surface area contributed by atoms with Crippen LogP contribution in [0.4, 0.5) is 0 Å². The minimum absolute atomic E-state index is 0.00796. The van der Waals surface area contributed by atoms with E-state index >= 15 is 0 Å². The number of aromatic nitrogens is 6. The fourth-order valence-electron chi connectivity index (χ4n) is 10.4. The minimum atomic E-state index is -1.83. The number of aryl methyl sites for hydroxylation is 2. The molecule has 1 saturated heterocycles. The molecule has 22 nitrogen and oxygen atoms in total. The molecule has 0 amide bonds. The van der Waals surface area contributed by atoms with Gasteiger partial charge < -0.3 is 47.8 Å². The highest BCUT2D eigenvalue weighted by Gasteiger charge is 2.39. The summed E-state index contributed by atoms with van der Waals surface area (Å²) in [6.07, 6.45) is 7.73. The van der Waals surface area contributed by atoms with Crippen LogP contribution in [0.5, 0.6) is 11.5 Å². The SMILES string of the molecule is COc1ccccc1[C@H](Cn1c(=O)n(C(C)(C)C(=O)O)c(=O)c2c(C)c(-c3ncco3)sc21)OC1CCC(O)CC1.COc1ccccc1[C@H](Cn1c(=O)n(C(C)(C)C(=O)O)c(=O)c2c(C)c(-c3ncco3)sc21)OC1CCOCC1. The number of nitrogens with zero attached hydrogens (tertiary/aromatic N) is 6. The van der Waals surface area contributed by atoms with E-state index in [1.54, 1.807) is 34.1 Å². The van der Waals surface area contributed by atoms with E-state index < -0.39 is 57.7 Å². The molecule has 2 aromatic carbocycles. The summed E-state index contributed by atoms with van der Waals surface area (Å²) in [5.41, 5.74) is -4.02. The highest BCUT2D eigenvalue weighted by Crippen LogP contribution is 2.40. The van der Waals surface area contributed by atoms with Gasteiger partial charge in [-0.3, -0.25) is 18.7 Å². The van der Waals surface area contributed by atoms with Crippen LogP contribution in [0, 0.1) is 13.8 Å². The van der Waals surface area contributed by atoms with E-state index in [9.17, 15) is 44.1 Å². The van der Waals surface area contributed by atoms with Crippen LogP contribution in [-0.4, -0.2) is 101 Å². The van der Waals surface area contributed by atoms with Crippen LogP contribution >= 0.6 is 22.7 Å². The molecule has 2 fully saturated rings. The summed E-state index contributed by atoms with van der Waals surface area (Å²) in [4.78, 5) is 90.8. The zero-order valence-electron chi connectivity index (χ0n) is 46.0. The molecule has 0 unspecified atom stereocenters. The number of thiophene rings is 2. The van der Waals surface area contributed by atoms with Gasteiger partial charge in [-0.05, 0) is 103 Å². The van der Waals surface area contributed by atoms with Gasteiger partial charge in [-0.2, -0.15) is 0 Å². The van der Waals surface area contributed by atoms with E-state index in [1.165, 1.54) is 84.4 Å². The number of ether oxygens (including phenoxy) is 5. The normalized spacial score (nSPS) is 17.0. The van der Waals surface area contributed by atoms with Gasteiger partial charge in [-0.25, -0.2) is 38.3 Å². The van der Waals surface area contributed by atoms with Crippen LogP contribution in [0.1, 0.15) is 101 Å². The van der Waals surface area contributed by atoms with Gasteiger partial charge in [-0.1, -0.05) is 36.4 Å². The fourth-order valence-corrected chi connectivity index (χ4v) is 12.8. The summed E-state index contributed by atoms with van der Waals surface area (Å²) in [5, 5.41) is 30.5. The van der Waals surface area contributed by atoms with Crippen molar-refractivity contribution in [3.05, 3.63) is 137 Å². The molecule has 81 heavy (non-hydrogen) atoms. The van der Waals surface area contributed by atoms with Crippen LogP contribution in [0.3, 0.4) is 0 Å². The number of hydrogen-bond acceptors (Lipinski definition) is 18. The predicted molar refractivity (Wildman–Crippen MR) is 301 cm³/mol. The molecule has 10 rings (SSSR count). The van der Waals surface area contributed by atoms with Crippen LogP contribution < -0.4 is 32.0 Å². The second kappa shape index (κ2) is 23.9. The molecular formula is C57H64N6O16S2. The monoisotopic (exact) mass is 1150 g/mol. The van der Waals surface area contributed by atoms with E-state index in [1.807, 2.05) is 42.5 Å². The number of aliphatic hydroxyl groups excluding tert-OH is 1. The third-order valence-electron chi connectivity index (χ3n) is 15.0. The summed E-state index contributed by atoms with van der Waals surface area (Å²) < 4.78 is 45.4. The maximum Gasteiger partial charge on any atom is 0.333 e. The van der Waals surface area contributed by atoms with Crippen molar-refractivity contribution in [2.24, 2.45) is 0 Å². The summed E-state index contributed by atoms with van der Waals surface area (Å²) in [6.45, 7) is 9.91. The Balaban J connectivity index is 0.000000196. The molecule has 3 N–H and O–H groups in total. The summed E-state index contributed by atoms with van der Waals surface area (Å²) in [5.74, 6) is -0.865. The minimum Gasteiger partial charge on any atom is -0.496 e. The Morgan fingerprint density at radius 1 is 0.642 bits per heavy atom. The number of para-hydroxylation sites is 2. The first kappa shape index (κ1) is 58.2. The van der Waals surface area contributed by atoms with Gasteiger partial charge in [0.1, 0.15) is 57.0 Å². The maximum atomic E-state index is 14.1. The topological polar surface area (TPSA) is 281 Å². The van der Waals surface area contributed by atoms with Crippen LogP contribution in [0.25, 0.3) is 42.0 Å². The van der Waals surface area contributed by atoms with Gasteiger partial charge in [-0.15, -0.1) is 22.7 Å². The van der Waals surface area contributed by atoms with Gasteiger partial charge in [0, 0.05) is 24.3 Å². The van der Waals surface area contributed by atoms with Crippen LogP contribution in [-0.2, 0) is 48.0 Å². The highest BCUT2D eigenvalue weighted by molar-refractivity contribution is 7.22. The number of carbonyl (C=O) groups is 2. The Morgan fingerprint density at radius 2 is 1.04 bits per heavy atom. The lowest BCUT2D eigenvalue weighted by Gasteiger charge is -2.31. The smallest absolute Gasteiger partial charge is 0.333 e. The fraction of sp³-hybridized carbons (Fsp3) is 0.439. The standard InChI is InChI=1S/C29H33N3O8S.C28H31N3O8S/c1-16-22-25(34)32(29(2,3)27(35)36)28(37)31(26(22)41-23(16)24-30-13-14-39-24)15-21(19-7-5-6-8-20(19)38-4)40-18-11-9-17(33)10-12-18;1-16-21-24(32)31(28(2,3)26(33)34)27(35)30(25(21)40-22(16)23-29-11-14-38-23)15-20(39-17-9-12-37-13-10-17)18-7-5-6-8-19(18)36-4/h5-8,13-14,17-18,21,33H,9-12,15H2,1-4H3,(H,35,36);5-8,11,14,17,20H,9-10,12-13,15H2,1-4H3,(H,33,34)/t17?,18?,21-;20-/m00/s1. The first-order valence-corrected chi connectivity index (χ1v) is 28.0. The first-order valence-electron chi connectivity index (χ1n) is 26.4. The number of oxazole rings is 2. The third kappa shape index (κ3) is 11.3. The number of carboxylic acid groups (broad SMARTS) is 2. The zero-order chi connectivity index (χ0) is 58.1. The molecule has 0 radical (unpaired) electrons. The van der Waals surface area contributed by atoms with Crippen molar-refractivity contribution in [3.63, 3.8) is 0 Å². The number of fused-ring (bicyclic) bond motifs is 2. The van der Waals surface area contributed by atoms with Crippen molar-refractivity contribution < 1.29 is 57.4 Å². The summed E-state index contributed by atoms with van der Waals surface area (Å²) in [6, 6.07) is 14.7. The van der Waals surface area contributed by atoms with Crippen molar-refractivity contribution in [2.75, 3.05) is 27.4 Å². The van der Waals surface area contributed by atoms with Crippen molar-refractivity contribution in [1.29, 1.82) is 0 Å². The van der Waals surface area contributed by atoms with E-state index in [-0.39, 0.29) is 42.2 Å². The largest absolute Gasteiger partial charge is 0.496 e.